The molecule has 6 nitrogen and oxygen atoms in total. The monoisotopic (exact) mass is 411 g/mol. The van der Waals surface area contributed by atoms with E-state index in [2.05, 4.69) is 42.6 Å². The molecule has 1 rings (SSSR count). The van der Waals surface area contributed by atoms with E-state index in [9.17, 15) is 18.0 Å². The van der Waals surface area contributed by atoms with Crippen molar-refractivity contribution in [2.45, 2.75) is 51.6 Å². The van der Waals surface area contributed by atoms with E-state index in [4.69, 9.17) is 17.7 Å². The number of hydrogen-bond donors (Lipinski definition) is 0. The van der Waals surface area contributed by atoms with Crippen LogP contribution in [0.3, 0.4) is 0 Å². The Bertz CT molecular complexity index is 718. The molecule has 1 aromatic rings. The molecule has 0 radical (unpaired) electrons. The van der Waals surface area contributed by atoms with Crippen molar-refractivity contribution in [1.29, 1.82) is 0 Å². The van der Waals surface area contributed by atoms with E-state index in [1.165, 1.54) is 18.4 Å². The summed E-state index contributed by atoms with van der Waals surface area (Å²) >= 11 is 0. The van der Waals surface area contributed by atoms with Gasteiger partial charge in [0.05, 0.1) is 6.61 Å². The fraction of sp³-hybridized carbons (Fsp3) is 0.529. The van der Waals surface area contributed by atoms with Crippen LogP contribution in [-0.2, 0) is 32.6 Å². The maximum atomic E-state index is 11.2. The van der Waals surface area contributed by atoms with E-state index in [1.807, 2.05) is 0 Å². The van der Waals surface area contributed by atoms with Crippen molar-refractivity contribution in [2.24, 2.45) is 0 Å². The van der Waals surface area contributed by atoms with Gasteiger partial charge in [0.1, 0.15) is 6.54 Å². The first-order valence-electron chi connectivity index (χ1n) is 8.21. The number of ether oxygens (including phenoxy) is 1. The highest BCUT2D eigenvalue weighted by Crippen LogP contribution is 2.20. The quantitative estimate of drug-likeness (QED) is 0.164. The molecule has 10 heteroatoms. The molecule has 0 amide bonds. The number of esters is 1. The zero-order valence-electron chi connectivity index (χ0n) is 15.3. The summed E-state index contributed by atoms with van der Waals surface area (Å²) in [6.45, 7) is 8.93. The second kappa shape index (κ2) is 11.7. The zero-order valence-corrected chi connectivity index (χ0v) is 16.1. The zero-order chi connectivity index (χ0) is 21.1. The maximum Gasteiger partial charge on any atom is 0.485 e. The van der Waals surface area contributed by atoms with Crippen LogP contribution in [0.25, 0.3) is 0 Å². The van der Waals surface area contributed by atoms with Gasteiger partial charge in [0.25, 0.3) is 0 Å². The van der Waals surface area contributed by atoms with E-state index in [1.54, 1.807) is 6.92 Å². The van der Waals surface area contributed by atoms with Gasteiger partial charge in [-0.3, -0.25) is 0 Å². The number of carbonyl (C=O) groups excluding carboxylic acids is 1. The number of nitrogens with zero attached hydrogens (tertiary/aromatic N) is 1. The number of halogens is 3. The van der Waals surface area contributed by atoms with E-state index in [0.717, 1.165) is 19.4 Å². The van der Waals surface area contributed by atoms with Gasteiger partial charge in [-0.25, -0.2) is 17.8 Å². The molecule has 0 fully saturated rings. The minimum Gasteiger partial charge on any atom is -0.741 e. The minimum absolute atomic E-state index is 0.300. The van der Waals surface area contributed by atoms with Crippen molar-refractivity contribution in [1.82, 2.24) is 0 Å². The second-order valence-electron chi connectivity index (χ2n) is 5.72. The van der Waals surface area contributed by atoms with Crippen LogP contribution in [0.5, 0.6) is 0 Å². The highest BCUT2D eigenvalue weighted by Gasteiger charge is 2.36. The fourth-order valence-corrected chi connectivity index (χ4v) is 1.77. The van der Waals surface area contributed by atoms with E-state index >= 15 is 0 Å². The van der Waals surface area contributed by atoms with E-state index in [0.29, 0.717) is 12.2 Å². The number of alkyl halides is 3. The molecule has 0 unspecified atom stereocenters. The number of aryl methyl sites for hydroxylation is 2. The van der Waals surface area contributed by atoms with Crippen LogP contribution >= 0.6 is 0 Å². The summed E-state index contributed by atoms with van der Waals surface area (Å²) in [5.74, 6) is -0.300. The molecular weight excluding hydrogens is 387 g/mol. The molecule has 0 atom stereocenters. The summed E-state index contributed by atoms with van der Waals surface area (Å²) in [6, 6.07) is 4.19. The first kappa shape index (κ1) is 25.1. The number of aromatic nitrogens is 1. The van der Waals surface area contributed by atoms with Gasteiger partial charge >= 0.3 is 11.5 Å². The average molecular weight is 411 g/mol. The van der Waals surface area contributed by atoms with Crippen molar-refractivity contribution >= 4 is 16.1 Å². The van der Waals surface area contributed by atoms with Crippen LogP contribution in [-0.4, -0.2) is 31.1 Å². The van der Waals surface area contributed by atoms with Crippen molar-refractivity contribution < 1.29 is 40.2 Å². The molecular formula is C17H24F3NO5S. The molecule has 0 spiro atoms. The Kier molecular flexibility index (Phi) is 10.9. The van der Waals surface area contributed by atoms with Crippen LogP contribution in [0, 0.1) is 0 Å². The summed E-state index contributed by atoms with van der Waals surface area (Å²) in [7, 11) is -6.09. The molecule has 1 heterocycles. The molecule has 0 aliphatic heterocycles. The smallest absolute Gasteiger partial charge is 0.485 e. The van der Waals surface area contributed by atoms with Crippen LogP contribution in [0.15, 0.2) is 36.7 Å². The largest absolute Gasteiger partial charge is 0.741 e. The summed E-state index contributed by atoms with van der Waals surface area (Å²) in [4.78, 5) is 11.2. The third kappa shape index (κ3) is 11.4. The Morgan fingerprint density at radius 3 is 2.41 bits per heavy atom. The van der Waals surface area contributed by atoms with E-state index in [-0.39, 0.29) is 5.97 Å². The van der Waals surface area contributed by atoms with Crippen LogP contribution in [0.2, 0.25) is 0 Å². The summed E-state index contributed by atoms with van der Waals surface area (Å²) < 4.78 is 66.2. The molecule has 0 aromatic carbocycles. The highest BCUT2D eigenvalue weighted by molar-refractivity contribution is 7.86. The van der Waals surface area contributed by atoms with Crippen LogP contribution < -0.4 is 4.57 Å². The number of pyridine rings is 1. The molecule has 27 heavy (non-hydrogen) atoms. The second-order valence-corrected chi connectivity index (χ2v) is 7.09. The normalized spacial score (nSPS) is 11.3. The molecule has 0 aliphatic carbocycles. The summed E-state index contributed by atoms with van der Waals surface area (Å²) in [6.07, 6.45) is 8.45. The molecule has 0 saturated heterocycles. The van der Waals surface area contributed by atoms with Crippen molar-refractivity contribution in [3.63, 3.8) is 0 Å². The number of unbranched alkanes of at least 4 members (excludes halogenated alkanes) is 1. The molecule has 0 aliphatic rings. The Morgan fingerprint density at radius 1 is 1.33 bits per heavy atom. The first-order chi connectivity index (χ1) is 12.4. The standard InChI is InChI=1S/C16H24NO2.CHF3O3S/c1-4-5-10-17-11-6-8-15(13-17)9-7-12-19-16(18)14(2)3;2-1(3,4)8(5,6)7/h6,8,11,13H,2,4-5,7,9-10,12H2,1,3H3;(H,5,6,7)/q+1;/p-1. The molecule has 0 bridgehead atoms. The number of carbonyl (C=O) groups is 1. The summed E-state index contributed by atoms with van der Waals surface area (Å²) in [5, 5.41) is 0. The van der Waals surface area contributed by atoms with Crippen molar-refractivity contribution in [2.75, 3.05) is 6.61 Å². The predicted octanol–water partition coefficient (Wildman–Crippen LogP) is 2.88. The minimum atomic E-state index is -6.09. The Labute approximate surface area is 157 Å². The van der Waals surface area contributed by atoms with Gasteiger partial charge in [-0.1, -0.05) is 19.9 Å². The lowest BCUT2D eigenvalue weighted by atomic mass is 10.1. The van der Waals surface area contributed by atoms with Crippen molar-refractivity contribution in [3.8, 4) is 0 Å². The van der Waals surface area contributed by atoms with Crippen LogP contribution in [0.1, 0.15) is 38.7 Å². The van der Waals surface area contributed by atoms with Gasteiger partial charge in [0, 0.05) is 23.6 Å². The lowest BCUT2D eigenvalue weighted by Gasteiger charge is -2.08. The molecule has 154 valence electrons. The first-order valence-corrected chi connectivity index (χ1v) is 9.62. The van der Waals surface area contributed by atoms with Gasteiger partial charge in [-0.15, -0.1) is 0 Å². The fourth-order valence-electron chi connectivity index (χ4n) is 1.77. The molecule has 0 saturated carbocycles. The van der Waals surface area contributed by atoms with Gasteiger partial charge in [0.15, 0.2) is 22.5 Å². The lowest BCUT2D eigenvalue weighted by Crippen LogP contribution is -2.33. The highest BCUT2D eigenvalue weighted by atomic mass is 32.2. The Morgan fingerprint density at radius 2 is 1.93 bits per heavy atom. The SMILES string of the molecule is C=C(C)C(=O)OCCCc1ccc[n+](CCCC)c1.O=S(=O)([O-])C(F)(F)F. The van der Waals surface area contributed by atoms with Gasteiger partial charge in [-0.05, 0) is 25.8 Å². The molecule has 0 N–H and O–H groups in total. The third-order valence-corrected chi connectivity index (χ3v) is 3.73. The Balaban J connectivity index is 0.000000713. The summed E-state index contributed by atoms with van der Waals surface area (Å²) in [5.41, 5.74) is -3.91. The van der Waals surface area contributed by atoms with Crippen LogP contribution in [0.4, 0.5) is 13.2 Å². The number of hydrogen-bond acceptors (Lipinski definition) is 5. The Hall–Kier alpha value is -1.94. The molecule has 1 aromatic heterocycles. The lowest BCUT2D eigenvalue weighted by molar-refractivity contribution is -0.697. The van der Waals surface area contributed by atoms with E-state index < -0.39 is 15.6 Å². The topological polar surface area (TPSA) is 87.4 Å². The number of rotatable bonds is 8. The third-order valence-electron chi connectivity index (χ3n) is 3.16. The average Bonchev–Trinajstić information content (AvgIpc) is 2.55. The predicted molar refractivity (Wildman–Crippen MR) is 91.4 cm³/mol. The van der Waals surface area contributed by atoms with Gasteiger partial charge < -0.3 is 9.29 Å². The van der Waals surface area contributed by atoms with Crippen molar-refractivity contribution in [3.05, 3.63) is 42.2 Å². The van der Waals surface area contributed by atoms with Gasteiger partial charge in [-0.2, -0.15) is 13.2 Å². The maximum absolute atomic E-state index is 11.2. The van der Waals surface area contributed by atoms with Gasteiger partial charge in [0.2, 0.25) is 0 Å².